The molecule has 2 heterocycles. The second-order valence-electron chi connectivity index (χ2n) is 9.13. The molecule has 1 saturated carbocycles. The van der Waals surface area contributed by atoms with Gasteiger partial charge in [-0.05, 0) is 0 Å². The summed E-state index contributed by atoms with van der Waals surface area (Å²) < 4.78 is 8.66. The van der Waals surface area contributed by atoms with Gasteiger partial charge < -0.3 is 10.5 Å². The number of amides is 1. The first kappa shape index (κ1) is 33.9. The molecule has 0 bridgehead atoms. The van der Waals surface area contributed by atoms with E-state index in [2.05, 4.69) is 15.3 Å². The van der Waals surface area contributed by atoms with Crippen LogP contribution in [0.5, 0.6) is 0 Å². The van der Waals surface area contributed by atoms with Crippen LogP contribution in [0.2, 0.25) is 3.93 Å². The minimum absolute atomic E-state index is 0. The minimum atomic E-state index is -1.06. The first-order valence-electron chi connectivity index (χ1n) is 10.7. The van der Waals surface area contributed by atoms with Crippen molar-refractivity contribution >= 4 is 23.0 Å². The Morgan fingerprint density at radius 3 is 2.40 bits per heavy atom. The normalized spacial score (nSPS) is 21.2. The van der Waals surface area contributed by atoms with Gasteiger partial charge in [-0.3, -0.25) is 13.9 Å². The average Bonchev–Trinajstić information content (AvgIpc) is 3.35. The molecule has 3 unspecified atom stereocenters. The van der Waals surface area contributed by atoms with Crippen LogP contribution in [0, 0.1) is 16.7 Å². The fourth-order valence-electron chi connectivity index (χ4n) is 4.23. The first-order valence-corrected chi connectivity index (χ1v) is 14.6. The molecule has 1 amide bonds. The minimum Gasteiger partial charge on any atom is -0.870 e. The number of ether oxygens (including phenoxy) is 1. The summed E-state index contributed by atoms with van der Waals surface area (Å²) >= 11 is 0.630. The molecule has 1 aliphatic carbocycles. The number of carboxylic acids is 1. The maximum absolute atomic E-state index is 12.3. The number of carbonyl (C=O) groups excluding carboxylic acids is 2. The Morgan fingerprint density at radius 1 is 1.31 bits per heavy atom. The predicted octanol–water partition coefficient (Wildman–Crippen LogP) is -3.94. The van der Waals surface area contributed by atoms with E-state index in [1.54, 1.807) is 21.1 Å². The van der Waals surface area contributed by atoms with Crippen molar-refractivity contribution in [2.24, 2.45) is 30.8 Å². The van der Waals surface area contributed by atoms with Crippen molar-refractivity contribution in [2.45, 2.75) is 43.6 Å². The summed E-state index contributed by atoms with van der Waals surface area (Å²) in [5.74, 6) is -1.42. The Kier molecular flexibility index (Phi) is 13.1. The van der Waals surface area contributed by atoms with Crippen LogP contribution in [0.1, 0.15) is 33.6 Å². The van der Waals surface area contributed by atoms with Crippen LogP contribution in [0.4, 0.5) is 0 Å². The molecular formula is C21H32HgN5NaO7. The van der Waals surface area contributed by atoms with Gasteiger partial charge in [0.15, 0.2) is 5.65 Å². The van der Waals surface area contributed by atoms with E-state index in [4.69, 9.17) is 4.74 Å². The number of nitrogens with zero attached hydrogens (tertiary/aromatic N) is 3. The van der Waals surface area contributed by atoms with Crippen molar-refractivity contribution in [3.8, 4) is 0 Å². The number of nitrogens with one attached hydrogen (secondary N) is 2. The Balaban J connectivity index is 0.000000670. The maximum atomic E-state index is 12.3. The van der Waals surface area contributed by atoms with E-state index in [0.717, 1.165) is 8.50 Å². The van der Waals surface area contributed by atoms with E-state index in [9.17, 15) is 24.3 Å². The second-order valence-corrected chi connectivity index (χ2v) is 11.4. The second kappa shape index (κ2) is 13.5. The van der Waals surface area contributed by atoms with Crippen LogP contribution >= 0.6 is 0 Å². The molecule has 1 aliphatic rings. The number of methoxy groups -OCH3 is 1. The predicted molar refractivity (Wildman–Crippen MR) is 117 cm³/mol. The molecule has 0 spiro atoms. The Hall–Kier alpha value is -1.05. The van der Waals surface area contributed by atoms with Crippen molar-refractivity contribution in [1.82, 2.24) is 24.4 Å². The third-order valence-corrected chi connectivity index (χ3v) is 9.69. The van der Waals surface area contributed by atoms with Crippen molar-refractivity contribution in [3.63, 3.8) is 0 Å². The fraction of sp³-hybridized carbons (Fsp3) is 0.667. The summed E-state index contributed by atoms with van der Waals surface area (Å²) in [5, 5.41) is 14.3. The number of carbonyl (C=O) groups is 2. The average molecular weight is 690 g/mol. The van der Waals surface area contributed by atoms with Gasteiger partial charge in [0.05, 0.1) is 6.33 Å². The molecule has 0 aliphatic heterocycles. The van der Waals surface area contributed by atoms with Crippen LogP contribution in [0.3, 0.4) is 0 Å². The zero-order chi connectivity index (χ0) is 25.1. The molecular weight excluding hydrogens is 658 g/mol. The van der Waals surface area contributed by atoms with Gasteiger partial charge >= 0.3 is 172 Å². The van der Waals surface area contributed by atoms with Gasteiger partial charge in [-0.2, -0.15) is 0 Å². The number of fused-ring (bicyclic) bond motifs is 1. The van der Waals surface area contributed by atoms with Gasteiger partial charge in [-0.15, -0.1) is 0 Å². The molecule has 2 aromatic rings. The van der Waals surface area contributed by atoms with Gasteiger partial charge in [0.25, 0.3) is 5.56 Å². The topological polar surface area (TPSA) is 181 Å². The number of hydrogen-bond acceptors (Lipinski definition) is 8. The molecule has 3 atom stereocenters. The number of aryl methyl sites for hydroxylation is 1. The van der Waals surface area contributed by atoms with Gasteiger partial charge in [0.2, 0.25) is 0 Å². The zero-order valence-corrected chi connectivity index (χ0v) is 29.0. The maximum Gasteiger partial charge on any atom is 1.00 e. The fourth-order valence-corrected chi connectivity index (χ4v) is 5.94. The number of imidazole rings is 1. The summed E-state index contributed by atoms with van der Waals surface area (Å²) in [7, 11) is 4.66. The summed E-state index contributed by atoms with van der Waals surface area (Å²) in [6.07, 6.45) is 2.55. The smallest absolute Gasteiger partial charge is 0.870 e. The summed E-state index contributed by atoms with van der Waals surface area (Å²) in [6, 6.07) is 0. The van der Waals surface area contributed by atoms with E-state index < -0.39 is 16.8 Å². The van der Waals surface area contributed by atoms with Crippen LogP contribution in [0.25, 0.3) is 11.2 Å². The number of rotatable bonds is 6. The summed E-state index contributed by atoms with van der Waals surface area (Å²) in [4.78, 5) is 53.1. The molecule has 35 heavy (non-hydrogen) atoms. The SMILES string of the molecule is COC([CH2][Hg+])CNC(=O)C1CCC(C)(C(=O)[O-])C1(C)C.Cn1c(=O)c2[nH]cnc2n(C)c1=O.[Na+].[OH-]. The van der Waals surface area contributed by atoms with E-state index in [1.165, 1.54) is 17.9 Å². The van der Waals surface area contributed by atoms with Crippen LogP contribution in [-0.2, 0) is 54.5 Å². The third-order valence-electron chi connectivity index (χ3n) is 7.18. The molecule has 0 aromatic carbocycles. The number of aromatic nitrogens is 4. The van der Waals surface area contributed by atoms with Gasteiger partial charge in [0, 0.05) is 14.1 Å². The van der Waals surface area contributed by atoms with E-state index in [0.29, 0.717) is 56.7 Å². The molecule has 12 nitrogen and oxygen atoms in total. The van der Waals surface area contributed by atoms with Crippen molar-refractivity contribution in [3.05, 3.63) is 27.2 Å². The molecule has 2 aromatic heterocycles. The molecule has 1 fully saturated rings. The third kappa shape index (κ3) is 6.64. The molecule has 3 N–H and O–H groups in total. The number of aliphatic carboxylic acids is 1. The summed E-state index contributed by atoms with van der Waals surface area (Å²) in [6.45, 7) is 5.90. The molecule has 14 heteroatoms. The Morgan fingerprint density at radius 2 is 1.91 bits per heavy atom. The van der Waals surface area contributed by atoms with Crippen molar-refractivity contribution in [1.29, 1.82) is 0 Å². The van der Waals surface area contributed by atoms with E-state index in [-0.39, 0.29) is 64.2 Å². The Labute approximate surface area is 241 Å². The van der Waals surface area contributed by atoms with E-state index >= 15 is 0 Å². The van der Waals surface area contributed by atoms with E-state index in [1.807, 2.05) is 13.8 Å². The molecule has 0 radical (unpaired) electrons. The van der Waals surface area contributed by atoms with Crippen LogP contribution in [-0.4, -0.2) is 56.2 Å². The van der Waals surface area contributed by atoms with Gasteiger partial charge in [0.1, 0.15) is 5.52 Å². The Bertz CT molecular complexity index is 1140. The first-order chi connectivity index (χ1) is 15.3. The van der Waals surface area contributed by atoms with Gasteiger partial charge in [-0.1, -0.05) is 0 Å². The zero-order valence-electron chi connectivity index (χ0n) is 21.5. The number of H-pyrrole nitrogens is 1. The summed E-state index contributed by atoms with van der Waals surface area (Å²) in [5.41, 5.74) is -1.54. The van der Waals surface area contributed by atoms with Crippen LogP contribution in [0.15, 0.2) is 15.9 Å². The molecule has 0 saturated heterocycles. The van der Waals surface area contributed by atoms with Crippen molar-refractivity contribution < 1.29 is 80.6 Å². The van der Waals surface area contributed by atoms with Gasteiger partial charge in [-0.25, -0.2) is 9.78 Å². The number of aromatic amines is 1. The molecule has 186 valence electrons. The monoisotopic (exact) mass is 691 g/mol. The standard InChI is InChI=1S/C14H24NO4.C7H8N4O2.Hg.Na.H2O/c1-9(19-5)8-15-11(16)10-6-7-14(4,12(17)18)13(10,2)3;1-10-5-4(8-3-9-5)6(12)11(2)7(10)13;;;/h9-10H,1,6-8H2,2-5H3,(H,15,16)(H,17,18);3H,1-2H3,(H,8,9);;;1H2/q;;2*+1;/p-2. The molecule has 3 rings (SSSR count). The number of carboxylic acid groups (broad SMARTS) is 1. The quantitative estimate of drug-likeness (QED) is 0.289. The van der Waals surface area contributed by atoms with Crippen LogP contribution < -0.4 is 51.2 Å². The largest absolute Gasteiger partial charge is 1.00 e. The number of hydrogen-bond donors (Lipinski definition) is 2. The van der Waals surface area contributed by atoms with Crippen molar-refractivity contribution in [2.75, 3.05) is 13.7 Å².